The summed E-state index contributed by atoms with van der Waals surface area (Å²) in [5, 5.41) is 1.82. The summed E-state index contributed by atoms with van der Waals surface area (Å²) in [6, 6.07) is 12.8. The predicted octanol–water partition coefficient (Wildman–Crippen LogP) is 3.81. The highest BCUT2D eigenvalue weighted by Gasteiger charge is 2.15. The van der Waals surface area contributed by atoms with Crippen LogP contribution in [0.1, 0.15) is 15.9 Å². The van der Waals surface area contributed by atoms with Gasteiger partial charge in [-0.05, 0) is 29.7 Å². The molecule has 0 saturated carbocycles. The lowest BCUT2D eigenvalue weighted by Crippen LogP contribution is -2.06. The van der Waals surface area contributed by atoms with Crippen molar-refractivity contribution in [2.45, 2.75) is 0 Å². The minimum atomic E-state index is -0.0893. The largest absolute Gasteiger partial charge is 0.398 e. The van der Waals surface area contributed by atoms with E-state index >= 15 is 0 Å². The number of pyridine rings is 1. The van der Waals surface area contributed by atoms with E-state index in [9.17, 15) is 4.79 Å². The molecule has 3 rings (SSSR count). The number of ketones is 1. The second kappa shape index (κ2) is 5.06. The number of carbonyl (C=O) groups is 1. The monoisotopic (exact) mass is 326 g/mol. The summed E-state index contributed by atoms with van der Waals surface area (Å²) in [7, 11) is 0. The Labute approximate surface area is 124 Å². The first-order chi connectivity index (χ1) is 9.66. The number of nitrogens with zero attached hydrogens (tertiary/aromatic N) is 1. The molecular formula is C16H11BrN2O. The van der Waals surface area contributed by atoms with Crippen molar-refractivity contribution >= 4 is 38.2 Å². The van der Waals surface area contributed by atoms with Crippen LogP contribution in [0.15, 0.2) is 59.3 Å². The molecule has 0 radical (unpaired) electrons. The number of carbonyl (C=O) groups excluding carboxylic acids is 1. The van der Waals surface area contributed by atoms with Gasteiger partial charge in [0.15, 0.2) is 5.78 Å². The van der Waals surface area contributed by atoms with Crippen LogP contribution in [0.5, 0.6) is 0 Å². The molecule has 3 aromatic rings. The molecular weight excluding hydrogens is 316 g/mol. The van der Waals surface area contributed by atoms with Gasteiger partial charge in [-0.1, -0.05) is 34.1 Å². The van der Waals surface area contributed by atoms with Crippen LogP contribution in [0, 0.1) is 0 Å². The Balaban J connectivity index is 2.18. The van der Waals surface area contributed by atoms with Crippen LogP contribution in [0.3, 0.4) is 0 Å². The van der Waals surface area contributed by atoms with Gasteiger partial charge in [-0.25, -0.2) is 0 Å². The Morgan fingerprint density at radius 3 is 2.75 bits per heavy atom. The third kappa shape index (κ3) is 2.18. The molecule has 98 valence electrons. The van der Waals surface area contributed by atoms with Gasteiger partial charge in [0.05, 0.1) is 0 Å². The quantitative estimate of drug-likeness (QED) is 0.575. The number of fused-ring (bicyclic) bond motifs is 1. The SMILES string of the molecule is Nc1cc(Br)ccc1C(=O)c1cccc2ccncc12. The summed E-state index contributed by atoms with van der Waals surface area (Å²) in [5.74, 6) is -0.0893. The highest BCUT2D eigenvalue weighted by Crippen LogP contribution is 2.25. The molecule has 1 heterocycles. The summed E-state index contributed by atoms with van der Waals surface area (Å²) < 4.78 is 0.853. The number of halogens is 1. The first-order valence-corrected chi connectivity index (χ1v) is 6.88. The van der Waals surface area contributed by atoms with Crippen molar-refractivity contribution in [1.82, 2.24) is 4.98 Å². The number of hydrogen-bond acceptors (Lipinski definition) is 3. The Morgan fingerprint density at radius 2 is 1.95 bits per heavy atom. The number of anilines is 1. The predicted molar refractivity (Wildman–Crippen MR) is 83.7 cm³/mol. The normalized spacial score (nSPS) is 10.7. The minimum Gasteiger partial charge on any atom is -0.398 e. The van der Waals surface area contributed by atoms with Gasteiger partial charge < -0.3 is 5.73 Å². The number of hydrogen-bond donors (Lipinski definition) is 1. The summed E-state index contributed by atoms with van der Waals surface area (Å²) in [4.78, 5) is 16.8. The number of nitrogen functional groups attached to an aromatic ring is 1. The Bertz CT molecular complexity index is 809. The van der Waals surface area contributed by atoms with E-state index in [0.29, 0.717) is 16.8 Å². The van der Waals surface area contributed by atoms with Crippen LogP contribution in [0.25, 0.3) is 10.8 Å². The molecule has 0 fully saturated rings. The van der Waals surface area contributed by atoms with Gasteiger partial charge in [0.25, 0.3) is 0 Å². The van der Waals surface area contributed by atoms with Crippen LogP contribution in [-0.2, 0) is 0 Å². The number of benzene rings is 2. The topological polar surface area (TPSA) is 56.0 Å². The van der Waals surface area contributed by atoms with E-state index in [0.717, 1.165) is 15.2 Å². The molecule has 1 aromatic heterocycles. The second-order valence-electron chi connectivity index (χ2n) is 4.46. The van der Waals surface area contributed by atoms with E-state index in [1.165, 1.54) is 0 Å². The van der Waals surface area contributed by atoms with Crippen molar-refractivity contribution in [2.24, 2.45) is 0 Å². The minimum absolute atomic E-state index is 0.0893. The standard InChI is InChI=1S/C16H11BrN2O/c17-11-4-5-13(15(18)8-11)16(20)12-3-1-2-10-6-7-19-9-14(10)12/h1-9H,18H2. The first kappa shape index (κ1) is 12.8. The van der Waals surface area contributed by atoms with Crippen molar-refractivity contribution in [3.05, 3.63) is 70.5 Å². The highest BCUT2D eigenvalue weighted by molar-refractivity contribution is 9.10. The first-order valence-electron chi connectivity index (χ1n) is 6.09. The highest BCUT2D eigenvalue weighted by atomic mass is 79.9. The maximum Gasteiger partial charge on any atom is 0.195 e. The summed E-state index contributed by atoms with van der Waals surface area (Å²) in [5.41, 5.74) is 7.52. The van der Waals surface area contributed by atoms with Crippen molar-refractivity contribution < 1.29 is 4.79 Å². The third-order valence-corrected chi connectivity index (χ3v) is 3.68. The van der Waals surface area contributed by atoms with Crippen LogP contribution in [-0.4, -0.2) is 10.8 Å². The fourth-order valence-electron chi connectivity index (χ4n) is 2.20. The van der Waals surface area contributed by atoms with E-state index in [2.05, 4.69) is 20.9 Å². The van der Waals surface area contributed by atoms with E-state index in [4.69, 9.17) is 5.73 Å². The summed E-state index contributed by atoms with van der Waals surface area (Å²) >= 11 is 3.34. The lowest BCUT2D eigenvalue weighted by Gasteiger charge is -2.08. The van der Waals surface area contributed by atoms with Gasteiger partial charge >= 0.3 is 0 Å². The Kier molecular flexibility index (Phi) is 3.24. The molecule has 0 unspecified atom stereocenters. The van der Waals surface area contributed by atoms with Crippen LogP contribution in [0.4, 0.5) is 5.69 Å². The molecule has 2 aromatic carbocycles. The number of nitrogens with two attached hydrogens (primary N) is 1. The fraction of sp³-hybridized carbons (Fsp3) is 0. The van der Waals surface area contributed by atoms with Crippen molar-refractivity contribution in [3.8, 4) is 0 Å². The third-order valence-electron chi connectivity index (χ3n) is 3.19. The molecule has 0 saturated heterocycles. The lowest BCUT2D eigenvalue weighted by atomic mass is 9.97. The van der Waals surface area contributed by atoms with Crippen molar-refractivity contribution in [3.63, 3.8) is 0 Å². The molecule has 0 aliphatic heterocycles. The molecule has 3 nitrogen and oxygen atoms in total. The summed E-state index contributed by atoms with van der Waals surface area (Å²) in [6.07, 6.45) is 3.42. The zero-order valence-electron chi connectivity index (χ0n) is 10.5. The molecule has 0 aliphatic rings. The second-order valence-corrected chi connectivity index (χ2v) is 5.38. The average Bonchev–Trinajstić information content (AvgIpc) is 2.46. The fourth-order valence-corrected chi connectivity index (χ4v) is 2.58. The van der Waals surface area contributed by atoms with Crippen molar-refractivity contribution in [1.29, 1.82) is 0 Å². The van der Waals surface area contributed by atoms with Crippen molar-refractivity contribution in [2.75, 3.05) is 5.73 Å². The molecule has 0 spiro atoms. The molecule has 20 heavy (non-hydrogen) atoms. The van der Waals surface area contributed by atoms with Gasteiger partial charge in [0.1, 0.15) is 0 Å². The molecule has 0 bridgehead atoms. The van der Waals surface area contributed by atoms with Gasteiger partial charge in [0, 0.05) is 39.1 Å². The molecule has 2 N–H and O–H groups in total. The zero-order chi connectivity index (χ0) is 14.1. The van der Waals surface area contributed by atoms with E-state index in [-0.39, 0.29) is 5.78 Å². The summed E-state index contributed by atoms with van der Waals surface area (Å²) in [6.45, 7) is 0. The molecule has 0 aliphatic carbocycles. The maximum absolute atomic E-state index is 12.7. The molecule has 0 amide bonds. The van der Waals surface area contributed by atoms with Crippen LogP contribution >= 0.6 is 15.9 Å². The Hall–Kier alpha value is -2.20. The Morgan fingerprint density at radius 1 is 1.10 bits per heavy atom. The average molecular weight is 327 g/mol. The maximum atomic E-state index is 12.7. The van der Waals surface area contributed by atoms with Gasteiger partial charge in [0.2, 0.25) is 0 Å². The van der Waals surface area contributed by atoms with E-state index in [1.807, 2.05) is 24.3 Å². The van der Waals surface area contributed by atoms with Gasteiger partial charge in [-0.3, -0.25) is 9.78 Å². The van der Waals surface area contributed by atoms with Crippen LogP contribution < -0.4 is 5.73 Å². The van der Waals surface area contributed by atoms with Crippen LogP contribution in [0.2, 0.25) is 0 Å². The van der Waals surface area contributed by atoms with Gasteiger partial charge in [-0.2, -0.15) is 0 Å². The molecule has 0 atom stereocenters. The van der Waals surface area contributed by atoms with Gasteiger partial charge in [-0.15, -0.1) is 0 Å². The molecule has 4 heteroatoms. The number of rotatable bonds is 2. The van der Waals surface area contributed by atoms with E-state index in [1.54, 1.807) is 30.6 Å². The lowest BCUT2D eigenvalue weighted by molar-refractivity contribution is 0.104. The van der Waals surface area contributed by atoms with E-state index < -0.39 is 0 Å². The number of aromatic nitrogens is 1. The smallest absolute Gasteiger partial charge is 0.195 e. The zero-order valence-corrected chi connectivity index (χ0v) is 12.1.